The van der Waals surface area contributed by atoms with Crippen molar-refractivity contribution < 1.29 is 9.90 Å². The minimum Gasteiger partial charge on any atom is -0.390 e. The number of aliphatic hydroxyl groups excluding tert-OH is 1. The summed E-state index contributed by atoms with van der Waals surface area (Å²) in [6.45, 7) is 8.09. The Morgan fingerprint density at radius 3 is 2.44 bits per heavy atom. The van der Waals surface area contributed by atoms with Crippen LogP contribution in [0.3, 0.4) is 0 Å². The smallest absolute Gasteiger partial charge is 0.329 e. The van der Waals surface area contributed by atoms with Crippen molar-refractivity contribution in [3.63, 3.8) is 0 Å². The molecular weight excluding hydrogens is 584 g/mol. The van der Waals surface area contributed by atoms with Crippen LogP contribution in [-0.2, 0) is 30.8 Å². The summed E-state index contributed by atoms with van der Waals surface area (Å²) in [5.74, 6) is 0.0649. The highest BCUT2D eigenvalue weighted by Crippen LogP contribution is 2.31. The van der Waals surface area contributed by atoms with Gasteiger partial charge in [0.2, 0.25) is 5.91 Å². The topological polar surface area (TPSA) is 88.5 Å². The number of halogens is 1. The first-order valence-electron chi connectivity index (χ1n) is 14.5. The number of carbonyl (C=O) groups is 1. The average molecular weight is 622 g/mol. The summed E-state index contributed by atoms with van der Waals surface area (Å²) < 4.78 is 6.80. The summed E-state index contributed by atoms with van der Waals surface area (Å²) in [7, 11) is 0. The third kappa shape index (κ3) is 5.40. The van der Waals surface area contributed by atoms with Crippen molar-refractivity contribution in [1.29, 1.82) is 0 Å². The fourth-order valence-corrected chi connectivity index (χ4v) is 6.82. The Morgan fingerprint density at radius 1 is 1.05 bits per heavy atom. The van der Waals surface area contributed by atoms with Gasteiger partial charge in [-0.15, -0.1) is 0 Å². The molecule has 1 unspecified atom stereocenters. The number of fused-ring (bicyclic) bond motifs is 2. The molecule has 41 heavy (non-hydrogen) atoms. The summed E-state index contributed by atoms with van der Waals surface area (Å²) in [6.07, 6.45) is 1.88. The van der Waals surface area contributed by atoms with Crippen LogP contribution >= 0.6 is 15.9 Å². The van der Waals surface area contributed by atoms with Crippen molar-refractivity contribution in [2.24, 2.45) is 0 Å². The van der Waals surface area contributed by atoms with E-state index in [-0.39, 0.29) is 17.6 Å². The maximum Gasteiger partial charge on any atom is 0.329 e. The number of benzene rings is 2. The lowest BCUT2D eigenvalue weighted by Gasteiger charge is -2.33. The Bertz CT molecular complexity index is 1610. The lowest BCUT2D eigenvalue weighted by molar-refractivity contribution is -0.129. The van der Waals surface area contributed by atoms with E-state index in [4.69, 9.17) is 5.10 Å². The number of β-amino-alcohol motifs (C(OH)–C–C–N with tert-alkyl or cyclic N) is 1. The number of hydrogen-bond donors (Lipinski definition) is 1. The van der Waals surface area contributed by atoms with E-state index in [0.29, 0.717) is 32.7 Å². The van der Waals surface area contributed by atoms with E-state index in [1.165, 1.54) is 0 Å². The number of nitrogens with zero attached hydrogens (tertiary/aromatic N) is 6. The van der Waals surface area contributed by atoms with E-state index in [9.17, 15) is 14.7 Å². The fraction of sp³-hybridized carbons (Fsp3) is 0.452. The van der Waals surface area contributed by atoms with Crippen LogP contribution in [0.15, 0.2) is 57.8 Å². The first-order valence-corrected chi connectivity index (χ1v) is 15.3. The number of aliphatic hydroxyl groups is 1. The highest BCUT2D eigenvalue weighted by molar-refractivity contribution is 9.10. The van der Waals surface area contributed by atoms with Gasteiger partial charge in [0.25, 0.3) is 0 Å². The van der Waals surface area contributed by atoms with Crippen LogP contribution in [0.25, 0.3) is 22.3 Å². The molecule has 0 saturated carbocycles. The molecule has 2 aromatic heterocycles. The Hall–Kier alpha value is -3.21. The number of aryl methyl sites for hydroxylation is 1. The van der Waals surface area contributed by atoms with Gasteiger partial charge in [-0.05, 0) is 44.0 Å². The molecule has 2 aliphatic rings. The SMILES string of the molecule is CCn1c(=O)n(C2CCN(CC(O)Cn3nc(-c4ccc(Br)cc4)c4c3CCN(C(C)=O)C4)CC2)c2ccccc21. The normalized spacial score (nSPS) is 17.2. The highest BCUT2D eigenvalue weighted by Gasteiger charge is 2.29. The van der Waals surface area contributed by atoms with E-state index in [0.717, 1.165) is 70.4 Å². The lowest BCUT2D eigenvalue weighted by Crippen LogP contribution is -2.42. The number of amides is 1. The first-order chi connectivity index (χ1) is 19.8. The number of hydrogen-bond acceptors (Lipinski definition) is 5. The fourth-order valence-electron chi connectivity index (χ4n) is 6.56. The second-order valence-electron chi connectivity index (χ2n) is 11.2. The Labute approximate surface area is 248 Å². The van der Waals surface area contributed by atoms with E-state index in [1.807, 2.05) is 74.2 Å². The molecule has 2 aromatic carbocycles. The van der Waals surface area contributed by atoms with Gasteiger partial charge in [-0.1, -0.05) is 40.2 Å². The zero-order valence-corrected chi connectivity index (χ0v) is 25.3. The van der Waals surface area contributed by atoms with Gasteiger partial charge in [0, 0.05) is 79.9 Å². The van der Waals surface area contributed by atoms with E-state index < -0.39 is 6.10 Å². The van der Waals surface area contributed by atoms with Crippen LogP contribution in [0, 0.1) is 0 Å². The van der Waals surface area contributed by atoms with Crippen molar-refractivity contribution in [3.05, 3.63) is 74.7 Å². The molecule has 216 valence electrons. The number of para-hydroxylation sites is 2. The van der Waals surface area contributed by atoms with Gasteiger partial charge < -0.3 is 14.9 Å². The summed E-state index contributed by atoms with van der Waals surface area (Å²) >= 11 is 3.51. The van der Waals surface area contributed by atoms with Crippen molar-refractivity contribution in [1.82, 2.24) is 28.7 Å². The Kier molecular flexibility index (Phi) is 7.89. The summed E-state index contributed by atoms with van der Waals surface area (Å²) in [5.41, 5.74) is 6.12. The maximum absolute atomic E-state index is 13.2. The number of carbonyl (C=O) groups excluding carboxylic acids is 1. The predicted molar refractivity (Wildman–Crippen MR) is 163 cm³/mol. The van der Waals surface area contributed by atoms with Crippen LogP contribution in [0.5, 0.6) is 0 Å². The summed E-state index contributed by atoms with van der Waals surface area (Å²) in [6, 6.07) is 16.3. The molecule has 6 rings (SSSR count). The monoisotopic (exact) mass is 620 g/mol. The number of piperidine rings is 1. The number of likely N-dealkylation sites (tertiary alicyclic amines) is 1. The maximum atomic E-state index is 13.2. The first kappa shape index (κ1) is 27.9. The van der Waals surface area contributed by atoms with Gasteiger partial charge >= 0.3 is 5.69 Å². The molecule has 0 bridgehead atoms. The third-order valence-electron chi connectivity index (χ3n) is 8.66. The second kappa shape index (κ2) is 11.6. The largest absolute Gasteiger partial charge is 0.390 e. The molecular formula is C31H37BrN6O3. The molecule has 1 amide bonds. The molecule has 9 nitrogen and oxygen atoms in total. The highest BCUT2D eigenvalue weighted by atomic mass is 79.9. The van der Waals surface area contributed by atoms with Crippen molar-refractivity contribution >= 4 is 32.9 Å². The summed E-state index contributed by atoms with van der Waals surface area (Å²) in [5, 5.41) is 16.1. The molecule has 0 aliphatic carbocycles. The van der Waals surface area contributed by atoms with Gasteiger partial charge in [-0.25, -0.2) is 4.79 Å². The van der Waals surface area contributed by atoms with Crippen LogP contribution < -0.4 is 5.69 Å². The lowest BCUT2D eigenvalue weighted by atomic mass is 10.0. The van der Waals surface area contributed by atoms with Gasteiger partial charge in [0.15, 0.2) is 0 Å². The van der Waals surface area contributed by atoms with Crippen molar-refractivity contribution in [2.45, 2.75) is 64.9 Å². The van der Waals surface area contributed by atoms with Gasteiger partial charge in [-0.2, -0.15) is 5.10 Å². The van der Waals surface area contributed by atoms with Crippen molar-refractivity contribution in [3.8, 4) is 11.3 Å². The van der Waals surface area contributed by atoms with Crippen LogP contribution in [0.2, 0.25) is 0 Å². The van der Waals surface area contributed by atoms with Gasteiger partial charge in [0.1, 0.15) is 0 Å². The quantitative estimate of drug-likeness (QED) is 0.337. The van der Waals surface area contributed by atoms with Crippen LogP contribution in [-0.4, -0.2) is 72.0 Å². The number of imidazole rings is 1. The van der Waals surface area contributed by atoms with E-state index >= 15 is 0 Å². The molecule has 0 radical (unpaired) electrons. The molecule has 4 heterocycles. The Balaban J connectivity index is 1.15. The molecule has 1 fully saturated rings. The molecule has 0 spiro atoms. The zero-order chi connectivity index (χ0) is 28.7. The molecule has 1 saturated heterocycles. The molecule has 1 N–H and O–H groups in total. The molecule has 4 aromatic rings. The van der Waals surface area contributed by atoms with Crippen LogP contribution in [0.1, 0.15) is 44.0 Å². The second-order valence-corrected chi connectivity index (χ2v) is 12.1. The van der Waals surface area contributed by atoms with E-state index in [2.05, 4.69) is 20.8 Å². The van der Waals surface area contributed by atoms with Gasteiger partial charge in [-0.3, -0.25) is 18.6 Å². The van der Waals surface area contributed by atoms with Crippen molar-refractivity contribution in [2.75, 3.05) is 26.2 Å². The van der Waals surface area contributed by atoms with Gasteiger partial charge in [0.05, 0.1) is 29.4 Å². The average Bonchev–Trinajstić information content (AvgIpc) is 3.47. The standard InChI is InChI=1S/C31H37BrN6O3/c1-3-36-28-6-4-5-7-29(28)38(31(36)41)24-12-15-34(16-13-24)18-25(40)19-37-27-14-17-35(21(2)39)20-26(27)30(33-37)22-8-10-23(32)11-9-22/h4-11,24-25,40H,3,12-20H2,1-2H3. The number of rotatable bonds is 7. The Morgan fingerprint density at radius 2 is 1.76 bits per heavy atom. The summed E-state index contributed by atoms with van der Waals surface area (Å²) in [4.78, 5) is 29.5. The predicted octanol–water partition coefficient (Wildman–Crippen LogP) is 4.05. The zero-order valence-electron chi connectivity index (χ0n) is 23.7. The van der Waals surface area contributed by atoms with Crippen LogP contribution in [0.4, 0.5) is 0 Å². The minimum atomic E-state index is -0.580. The third-order valence-corrected chi connectivity index (χ3v) is 9.19. The molecule has 1 atom stereocenters. The molecule has 2 aliphatic heterocycles. The van der Waals surface area contributed by atoms with E-state index in [1.54, 1.807) is 6.92 Å². The number of aromatic nitrogens is 4. The minimum absolute atomic E-state index is 0.0649. The molecule has 10 heteroatoms.